The van der Waals surface area contributed by atoms with Gasteiger partial charge in [0.05, 0.1) is 5.41 Å². The lowest BCUT2D eigenvalue weighted by Crippen LogP contribution is -2.34. The van der Waals surface area contributed by atoms with Crippen molar-refractivity contribution in [2.24, 2.45) is 5.41 Å². The molecule has 0 fully saturated rings. The number of hydrogen-bond donors (Lipinski definition) is 2. The van der Waals surface area contributed by atoms with Crippen LogP contribution in [0.1, 0.15) is 33.1 Å². The van der Waals surface area contributed by atoms with Crippen LogP contribution in [-0.2, 0) is 9.59 Å². The van der Waals surface area contributed by atoms with Gasteiger partial charge >= 0.3 is 5.97 Å². The first-order valence-electron chi connectivity index (χ1n) is 6.08. The third kappa shape index (κ3) is 3.92. The Morgan fingerprint density at radius 2 is 2.05 bits per heavy atom. The summed E-state index contributed by atoms with van der Waals surface area (Å²) >= 11 is 5.78. The van der Waals surface area contributed by atoms with Gasteiger partial charge in [-0.25, -0.2) is 4.98 Å². The van der Waals surface area contributed by atoms with Gasteiger partial charge < -0.3 is 10.4 Å². The van der Waals surface area contributed by atoms with Gasteiger partial charge in [-0.15, -0.1) is 0 Å². The molecule has 0 aliphatic carbocycles. The standard InChI is InChI=1S/C13H17ClN2O3/c1-3-13(4-2,12(18)19)8-11(17)16-10-7-9(14)5-6-15-10/h5-7H,3-4,8H2,1-2H3,(H,18,19)(H,15,16,17). The molecule has 1 amide bonds. The van der Waals surface area contributed by atoms with E-state index in [1.54, 1.807) is 19.9 Å². The van der Waals surface area contributed by atoms with E-state index >= 15 is 0 Å². The number of nitrogens with zero attached hydrogens (tertiary/aromatic N) is 1. The van der Waals surface area contributed by atoms with Gasteiger partial charge in [-0.2, -0.15) is 0 Å². The predicted octanol–water partition coefficient (Wildman–Crippen LogP) is 2.95. The van der Waals surface area contributed by atoms with Crippen molar-refractivity contribution in [2.45, 2.75) is 33.1 Å². The van der Waals surface area contributed by atoms with Crippen LogP contribution in [0.25, 0.3) is 0 Å². The Morgan fingerprint density at radius 3 is 2.53 bits per heavy atom. The first-order valence-corrected chi connectivity index (χ1v) is 6.46. The molecule has 1 heterocycles. The monoisotopic (exact) mass is 284 g/mol. The Morgan fingerprint density at radius 1 is 1.42 bits per heavy atom. The summed E-state index contributed by atoms with van der Waals surface area (Å²) in [5.74, 6) is -1.00. The van der Waals surface area contributed by atoms with Gasteiger partial charge in [0.1, 0.15) is 5.82 Å². The summed E-state index contributed by atoms with van der Waals surface area (Å²) in [5, 5.41) is 12.3. The van der Waals surface area contributed by atoms with Gasteiger partial charge in [0, 0.05) is 17.6 Å². The molecule has 1 aromatic heterocycles. The van der Waals surface area contributed by atoms with Crippen LogP contribution in [0.2, 0.25) is 5.02 Å². The number of carboxylic acids is 1. The van der Waals surface area contributed by atoms with Crippen molar-refractivity contribution >= 4 is 29.3 Å². The number of aliphatic carboxylic acids is 1. The quantitative estimate of drug-likeness (QED) is 0.842. The molecule has 2 N–H and O–H groups in total. The highest BCUT2D eigenvalue weighted by molar-refractivity contribution is 6.30. The van der Waals surface area contributed by atoms with Crippen LogP contribution in [-0.4, -0.2) is 22.0 Å². The summed E-state index contributed by atoms with van der Waals surface area (Å²) in [6, 6.07) is 3.11. The lowest BCUT2D eigenvalue weighted by molar-refractivity contribution is -0.151. The molecular formula is C13H17ClN2O3. The van der Waals surface area contributed by atoms with Crippen LogP contribution in [0, 0.1) is 5.41 Å². The first kappa shape index (κ1) is 15.4. The summed E-state index contributed by atoms with van der Waals surface area (Å²) in [5.41, 5.74) is -1.03. The van der Waals surface area contributed by atoms with Crippen LogP contribution in [0.15, 0.2) is 18.3 Å². The summed E-state index contributed by atoms with van der Waals surface area (Å²) < 4.78 is 0. The first-order chi connectivity index (χ1) is 8.93. The van der Waals surface area contributed by atoms with Crippen LogP contribution < -0.4 is 5.32 Å². The second-order valence-electron chi connectivity index (χ2n) is 4.38. The average Bonchev–Trinajstić information content (AvgIpc) is 2.35. The van der Waals surface area contributed by atoms with E-state index in [-0.39, 0.29) is 12.3 Å². The second-order valence-corrected chi connectivity index (χ2v) is 4.81. The van der Waals surface area contributed by atoms with Gasteiger partial charge in [0.25, 0.3) is 0 Å². The summed E-state index contributed by atoms with van der Waals surface area (Å²) in [6.45, 7) is 3.53. The van der Waals surface area contributed by atoms with Crippen molar-refractivity contribution < 1.29 is 14.7 Å². The molecule has 0 saturated heterocycles. The van der Waals surface area contributed by atoms with E-state index in [1.165, 1.54) is 12.3 Å². The maximum atomic E-state index is 11.9. The minimum Gasteiger partial charge on any atom is -0.481 e. The molecular weight excluding hydrogens is 268 g/mol. The lowest BCUT2D eigenvalue weighted by Gasteiger charge is -2.25. The van der Waals surface area contributed by atoms with Crippen LogP contribution in [0.5, 0.6) is 0 Å². The maximum absolute atomic E-state index is 11.9. The minimum absolute atomic E-state index is 0.0798. The number of rotatable bonds is 6. The van der Waals surface area contributed by atoms with E-state index in [9.17, 15) is 14.7 Å². The predicted molar refractivity (Wildman–Crippen MR) is 73.1 cm³/mol. The molecule has 19 heavy (non-hydrogen) atoms. The molecule has 104 valence electrons. The van der Waals surface area contributed by atoms with Crippen molar-refractivity contribution in [3.05, 3.63) is 23.4 Å². The Bertz CT molecular complexity index is 473. The topological polar surface area (TPSA) is 79.3 Å². The number of anilines is 1. The molecule has 0 aliphatic rings. The zero-order valence-electron chi connectivity index (χ0n) is 10.9. The molecule has 0 unspecified atom stereocenters. The molecule has 0 bridgehead atoms. The van der Waals surface area contributed by atoms with E-state index in [0.717, 1.165) is 0 Å². The van der Waals surface area contributed by atoms with Crippen molar-refractivity contribution in [2.75, 3.05) is 5.32 Å². The number of aromatic nitrogens is 1. The molecule has 0 radical (unpaired) electrons. The fourth-order valence-corrected chi connectivity index (χ4v) is 2.01. The average molecular weight is 285 g/mol. The van der Waals surface area contributed by atoms with Crippen LogP contribution >= 0.6 is 11.6 Å². The number of pyridine rings is 1. The number of amides is 1. The van der Waals surface area contributed by atoms with Crippen molar-refractivity contribution in [1.82, 2.24) is 4.98 Å². The van der Waals surface area contributed by atoms with Crippen LogP contribution in [0.3, 0.4) is 0 Å². The van der Waals surface area contributed by atoms with E-state index < -0.39 is 11.4 Å². The van der Waals surface area contributed by atoms with Gasteiger partial charge in [-0.3, -0.25) is 9.59 Å². The highest BCUT2D eigenvalue weighted by Crippen LogP contribution is 2.31. The normalized spacial score (nSPS) is 11.1. The Kier molecular flexibility index (Phi) is 5.30. The lowest BCUT2D eigenvalue weighted by atomic mass is 9.79. The summed E-state index contributed by atoms with van der Waals surface area (Å²) in [7, 11) is 0. The molecule has 1 rings (SSSR count). The molecule has 0 spiro atoms. The van der Waals surface area contributed by atoms with Crippen molar-refractivity contribution in [3.8, 4) is 0 Å². The number of nitrogens with one attached hydrogen (secondary N) is 1. The number of carboxylic acid groups (broad SMARTS) is 1. The SMILES string of the molecule is CCC(CC)(CC(=O)Nc1cc(Cl)ccn1)C(=O)O. The summed E-state index contributed by atoms with van der Waals surface area (Å²) in [6.07, 6.45) is 2.19. The van der Waals surface area contributed by atoms with Gasteiger partial charge in [-0.05, 0) is 25.0 Å². The Hall–Kier alpha value is -1.62. The third-order valence-electron chi connectivity index (χ3n) is 3.30. The fourth-order valence-electron chi connectivity index (χ4n) is 1.85. The van der Waals surface area contributed by atoms with E-state index in [1.807, 2.05) is 0 Å². The van der Waals surface area contributed by atoms with Crippen LogP contribution in [0.4, 0.5) is 5.82 Å². The molecule has 0 saturated carbocycles. The van der Waals surface area contributed by atoms with E-state index in [4.69, 9.17) is 11.6 Å². The zero-order valence-corrected chi connectivity index (χ0v) is 11.7. The molecule has 0 aromatic carbocycles. The maximum Gasteiger partial charge on any atom is 0.310 e. The highest BCUT2D eigenvalue weighted by atomic mass is 35.5. The molecule has 0 atom stereocenters. The number of carbonyl (C=O) groups excluding carboxylic acids is 1. The molecule has 5 nitrogen and oxygen atoms in total. The van der Waals surface area contributed by atoms with Gasteiger partial charge in [0.2, 0.25) is 5.91 Å². The van der Waals surface area contributed by atoms with Crippen molar-refractivity contribution in [1.29, 1.82) is 0 Å². The largest absolute Gasteiger partial charge is 0.481 e. The van der Waals surface area contributed by atoms with E-state index in [0.29, 0.717) is 23.7 Å². The van der Waals surface area contributed by atoms with E-state index in [2.05, 4.69) is 10.3 Å². The van der Waals surface area contributed by atoms with Crippen molar-refractivity contribution in [3.63, 3.8) is 0 Å². The molecule has 6 heteroatoms. The molecule has 0 aliphatic heterocycles. The summed E-state index contributed by atoms with van der Waals surface area (Å²) in [4.78, 5) is 27.2. The second kappa shape index (κ2) is 6.52. The Balaban J connectivity index is 2.76. The smallest absolute Gasteiger partial charge is 0.310 e. The highest BCUT2D eigenvalue weighted by Gasteiger charge is 2.37. The molecule has 1 aromatic rings. The van der Waals surface area contributed by atoms with Gasteiger partial charge in [0.15, 0.2) is 0 Å². The number of carbonyl (C=O) groups is 2. The number of halogens is 1. The van der Waals surface area contributed by atoms with Gasteiger partial charge in [-0.1, -0.05) is 25.4 Å². The third-order valence-corrected chi connectivity index (χ3v) is 3.53. The minimum atomic E-state index is -1.03. The Labute approximate surface area is 117 Å². The fraction of sp³-hybridized carbons (Fsp3) is 0.462. The number of hydrogen-bond acceptors (Lipinski definition) is 3. The zero-order chi connectivity index (χ0) is 14.5.